The Kier molecular flexibility index (Phi) is 8.32. The largest absolute Gasteiger partial charge is 0.380 e. The van der Waals surface area contributed by atoms with Crippen LogP contribution in [0.5, 0.6) is 0 Å². The molecule has 17 heavy (non-hydrogen) atoms. The van der Waals surface area contributed by atoms with Crippen molar-refractivity contribution in [2.24, 2.45) is 0 Å². The second kappa shape index (κ2) is 9.63. The van der Waals surface area contributed by atoms with Crippen LogP contribution in [0.4, 0.5) is 0 Å². The van der Waals surface area contributed by atoms with Gasteiger partial charge in [0.2, 0.25) is 0 Å². The summed E-state index contributed by atoms with van der Waals surface area (Å²) in [5.41, 5.74) is 1.45. The third-order valence-corrected chi connectivity index (χ3v) is 3.44. The Morgan fingerprint density at radius 1 is 1.35 bits per heavy atom. The maximum absolute atomic E-state index is 5.65. The zero-order valence-electron chi connectivity index (χ0n) is 11.1. The number of rotatable bonds is 10. The lowest BCUT2D eigenvalue weighted by Gasteiger charge is -2.18. The Hall–Kier alpha value is -0.380. The van der Waals surface area contributed by atoms with Gasteiger partial charge in [0.25, 0.3) is 0 Å². The van der Waals surface area contributed by atoms with Gasteiger partial charge in [-0.25, -0.2) is 0 Å². The number of nitrogens with one attached hydrogen (secondary N) is 1. The standard InChI is InChI=1S/C14H25NOS/c1-3-8-15-14(11-16-9-4-2)6-5-13-7-10-17-12-13/h7,10,12,14-15H,3-6,8-9,11H2,1-2H3. The molecule has 0 bridgehead atoms. The molecule has 1 N–H and O–H groups in total. The van der Waals surface area contributed by atoms with Gasteiger partial charge in [-0.3, -0.25) is 0 Å². The summed E-state index contributed by atoms with van der Waals surface area (Å²) in [5.74, 6) is 0. The van der Waals surface area contributed by atoms with E-state index in [0.29, 0.717) is 6.04 Å². The topological polar surface area (TPSA) is 21.3 Å². The zero-order chi connectivity index (χ0) is 12.3. The molecule has 3 heteroatoms. The molecule has 0 saturated carbocycles. The number of hydrogen-bond donors (Lipinski definition) is 1. The van der Waals surface area contributed by atoms with Crippen LogP contribution in [-0.2, 0) is 11.2 Å². The smallest absolute Gasteiger partial charge is 0.0619 e. The van der Waals surface area contributed by atoms with Gasteiger partial charge in [-0.15, -0.1) is 0 Å². The molecule has 0 fully saturated rings. The van der Waals surface area contributed by atoms with Crippen molar-refractivity contribution >= 4 is 11.3 Å². The Balaban J connectivity index is 2.23. The van der Waals surface area contributed by atoms with Gasteiger partial charge in [0.05, 0.1) is 6.61 Å². The molecular weight excluding hydrogens is 230 g/mol. The number of hydrogen-bond acceptors (Lipinski definition) is 3. The fraction of sp³-hybridized carbons (Fsp3) is 0.714. The van der Waals surface area contributed by atoms with E-state index in [1.807, 2.05) is 0 Å². The van der Waals surface area contributed by atoms with Gasteiger partial charge in [0, 0.05) is 12.6 Å². The molecule has 98 valence electrons. The molecule has 0 aliphatic rings. The van der Waals surface area contributed by atoms with Crippen LogP contribution < -0.4 is 5.32 Å². The monoisotopic (exact) mass is 255 g/mol. The van der Waals surface area contributed by atoms with Gasteiger partial charge in [-0.1, -0.05) is 13.8 Å². The molecule has 1 aromatic rings. The third kappa shape index (κ3) is 6.81. The first-order valence-electron chi connectivity index (χ1n) is 6.69. The molecule has 0 spiro atoms. The summed E-state index contributed by atoms with van der Waals surface area (Å²) in [6.45, 7) is 7.17. The molecule has 1 atom stereocenters. The highest BCUT2D eigenvalue weighted by Gasteiger charge is 2.08. The second-order valence-corrected chi connectivity index (χ2v) is 5.18. The Morgan fingerprint density at radius 3 is 2.88 bits per heavy atom. The van der Waals surface area contributed by atoms with Crippen LogP contribution in [0, 0.1) is 0 Å². The lowest BCUT2D eigenvalue weighted by molar-refractivity contribution is 0.109. The summed E-state index contributed by atoms with van der Waals surface area (Å²) in [6, 6.07) is 2.72. The van der Waals surface area contributed by atoms with Crippen LogP contribution >= 0.6 is 11.3 Å². The number of ether oxygens (including phenoxy) is 1. The first-order chi connectivity index (χ1) is 8.36. The van der Waals surface area contributed by atoms with E-state index in [-0.39, 0.29) is 0 Å². The van der Waals surface area contributed by atoms with Gasteiger partial charge in [-0.05, 0) is 54.6 Å². The van der Waals surface area contributed by atoms with Gasteiger partial charge in [-0.2, -0.15) is 11.3 Å². The van der Waals surface area contributed by atoms with Crippen LogP contribution in [0.2, 0.25) is 0 Å². The molecule has 0 aliphatic heterocycles. The van der Waals surface area contributed by atoms with E-state index >= 15 is 0 Å². The molecule has 0 radical (unpaired) electrons. The van der Waals surface area contributed by atoms with E-state index in [1.165, 1.54) is 18.4 Å². The SMILES string of the molecule is CCCNC(CCc1ccsc1)COCCC. The average Bonchev–Trinajstić information content (AvgIpc) is 2.85. The van der Waals surface area contributed by atoms with Crippen LogP contribution in [-0.4, -0.2) is 25.8 Å². The van der Waals surface area contributed by atoms with Crippen LogP contribution in [0.15, 0.2) is 16.8 Å². The molecule has 1 aromatic heterocycles. The Labute approximate surface area is 109 Å². The molecule has 0 aliphatic carbocycles. The van der Waals surface area contributed by atoms with Crippen molar-refractivity contribution in [1.29, 1.82) is 0 Å². The predicted octanol–water partition coefficient (Wildman–Crippen LogP) is 3.48. The third-order valence-electron chi connectivity index (χ3n) is 2.71. The van der Waals surface area contributed by atoms with Crippen LogP contribution in [0.1, 0.15) is 38.7 Å². The summed E-state index contributed by atoms with van der Waals surface area (Å²) in [6.07, 6.45) is 4.61. The highest BCUT2D eigenvalue weighted by Crippen LogP contribution is 2.10. The van der Waals surface area contributed by atoms with Crippen molar-refractivity contribution in [3.05, 3.63) is 22.4 Å². The molecule has 0 saturated heterocycles. The first-order valence-corrected chi connectivity index (χ1v) is 7.63. The fourth-order valence-electron chi connectivity index (χ4n) is 1.74. The molecule has 1 rings (SSSR count). The number of aryl methyl sites for hydroxylation is 1. The molecule has 1 unspecified atom stereocenters. The van der Waals surface area contributed by atoms with Gasteiger partial charge >= 0.3 is 0 Å². The predicted molar refractivity (Wildman–Crippen MR) is 75.8 cm³/mol. The maximum Gasteiger partial charge on any atom is 0.0619 e. The van der Waals surface area contributed by atoms with Crippen molar-refractivity contribution in [3.8, 4) is 0 Å². The first kappa shape index (κ1) is 14.7. The van der Waals surface area contributed by atoms with Crippen molar-refractivity contribution in [2.45, 2.75) is 45.6 Å². The average molecular weight is 255 g/mol. The van der Waals surface area contributed by atoms with Crippen LogP contribution in [0.25, 0.3) is 0 Å². The van der Waals surface area contributed by atoms with Crippen molar-refractivity contribution in [1.82, 2.24) is 5.32 Å². The highest BCUT2D eigenvalue weighted by molar-refractivity contribution is 7.07. The van der Waals surface area contributed by atoms with Crippen LogP contribution in [0.3, 0.4) is 0 Å². The van der Waals surface area contributed by atoms with Crippen molar-refractivity contribution in [2.75, 3.05) is 19.8 Å². The van der Waals surface area contributed by atoms with E-state index in [0.717, 1.165) is 32.6 Å². The maximum atomic E-state index is 5.65. The van der Waals surface area contributed by atoms with E-state index < -0.39 is 0 Å². The summed E-state index contributed by atoms with van der Waals surface area (Å²) in [5, 5.41) is 7.96. The van der Waals surface area contributed by atoms with Crippen molar-refractivity contribution in [3.63, 3.8) is 0 Å². The number of thiophene rings is 1. The Morgan fingerprint density at radius 2 is 2.24 bits per heavy atom. The van der Waals surface area contributed by atoms with Gasteiger partial charge in [0.15, 0.2) is 0 Å². The van der Waals surface area contributed by atoms with Gasteiger partial charge < -0.3 is 10.1 Å². The highest BCUT2D eigenvalue weighted by atomic mass is 32.1. The zero-order valence-corrected chi connectivity index (χ0v) is 11.9. The minimum absolute atomic E-state index is 0.501. The molecule has 0 aromatic carbocycles. The van der Waals surface area contributed by atoms with E-state index in [4.69, 9.17) is 4.74 Å². The summed E-state index contributed by atoms with van der Waals surface area (Å²) < 4.78 is 5.65. The lowest BCUT2D eigenvalue weighted by Crippen LogP contribution is -2.34. The minimum atomic E-state index is 0.501. The summed E-state index contributed by atoms with van der Waals surface area (Å²) >= 11 is 1.78. The second-order valence-electron chi connectivity index (χ2n) is 4.40. The Bertz CT molecular complexity index is 261. The molecule has 2 nitrogen and oxygen atoms in total. The molecule has 1 heterocycles. The lowest BCUT2D eigenvalue weighted by atomic mass is 10.1. The molecule has 0 amide bonds. The normalized spacial score (nSPS) is 12.8. The van der Waals surface area contributed by atoms with Crippen molar-refractivity contribution < 1.29 is 4.74 Å². The minimum Gasteiger partial charge on any atom is -0.380 e. The summed E-state index contributed by atoms with van der Waals surface area (Å²) in [7, 11) is 0. The quantitative estimate of drug-likeness (QED) is 0.646. The molecular formula is C14H25NOS. The fourth-order valence-corrected chi connectivity index (χ4v) is 2.44. The van der Waals surface area contributed by atoms with Gasteiger partial charge in [0.1, 0.15) is 0 Å². The van der Waals surface area contributed by atoms with E-state index in [9.17, 15) is 0 Å². The summed E-state index contributed by atoms with van der Waals surface area (Å²) in [4.78, 5) is 0. The van der Waals surface area contributed by atoms with E-state index in [2.05, 4.69) is 36.0 Å². The van der Waals surface area contributed by atoms with E-state index in [1.54, 1.807) is 11.3 Å².